The highest BCUT2D eigenvalue weighted by atomic mass is 35.5. The minimum atomic E-state index is -3.57. The van der Waals surface area contributed by atoms with E-state index in [2.05, 4.69) is 10.4 Å². The fourth-order valence-corrected chi connectivity index (χ4v) is 4.70. The maximum absolute atomic E-state index is 12.6. The van der Waals surface area contributed by atoms with Crippen molar-refractivity contribution < 1.29 is 13.2 Å². The van der Waals surface area contributed by atoms with Crippen LogP contribution in [0.1, 0.15) is 32.9 Å². The van der Waals surface area contributed by atoms with Crippen LogP contribution in [-0.4, -0.2) is 42.5 Å². The zero-order valence-corrected chi connectivity index (χ0v) is 19.5. The van der Waals surface area contributed by atoms with Gasteiger partial charge in [-0.2, -0.15) is 5.10 Å². The molecule has 3 rings (SSSR count). The third-order valence-corrected chi connectivity index (χ3v) is 7.44. The minimum Gasteiger partial charge on any atom is -0.348 e. The third kappa shape index (κ3) is 4.98. The predicted octanol–water partition coefficient (Wildman–Crippen LogP) is 3.38. The van der Waals surface area contributed by atoms with E-state index in [0.29, 0.717) is 35.1 Å². The minimum absolute atomic E-state index is 0.197. The van der Waals surface area contributed by atoms with Crippen LogP contribution in [0.3, 0.4) is 0 Å². The van der Waals surface area contributed by atoms with Crippen molar-refractivity contribution in [3.63, 3.8) is 0 Å². The maximum Gasteiger partial charge on any atom is 0.251 e. The summed E-state index contributed by atoms with van der Waals surface area (Å²) < 4.78 is 28.0. The van der Waals surface area contributed by atoms with Crippen LogP contribution in [0.25, 0.3) is 0 Å². The molecular formula is C22H25ClN4O3S. The summed E-state index contributed by atoms with van der Waals surface area (Å²) in [5.41, 5.74) is 3.32. The Morgan fingerprint density at radius 1 is 1.10 bits per heavy atom. The van der Waals surface area contributed by atoms with Crippen LogP contribution in [0.2, 0.25) is 5.02 Å². The molecule has 31 heavy (non-hydrogen) atoms. The lowest BCUT2D eigenvalue weighted by Crippen LogP contribution is -2.23. The highest BCUT2D eigenvalue weighted by Gasteiger charge is 2.26. The molecule has 0 saturated heterocycles. The van der Waals surface area contributed by atoms with Gasteiger partial charge in [0.05, 0.1) is 17.9 Å². The first-order valence-corrected chi connectivity index (χ1v) is 11.5. The molecule has 0 spiro atoms. The van der Waals surface area contributed by atoms with Crippen molar-refractivity contribution in [1.29, 1.82) is 0 Å². The smallest absolute Gasteiger partial charge is 0.251 e. The van der Waals surface area contributed by atoms with E-state index < -0.39 is 10.0 Å². The molecule has 0 radical (unpaired) electrons. The lowest BCUT2D eigenvalue weighted by atomic mass is 10.1. The lowest BCUT2D eigenvalue weighted by molar-refractivity contribution is 0.0951. The van der Waals surface area contributed by atoms with Crippen molar-refractivity contribution in [2.24, 2.45) is 0 Å². The summed E-state index contributed by atoms with van der Waals surface area (Å²) in [5.74, 6) is -0.197. The number of rotatable bonds is 7. The van der Waals surface area contributed by atoms with Crippen molar-refractivity contribution in [2.75, 3.05) is 14.1 Å². The lowest BCUT2D eigenvalue weighted by Gasteiger charge is -2.12. The Kier molecular flexibility index (Phi) is 6.83. The van der Waals surface area contributed by atoms with Crippen LogP contribution in [0.5, 0.6) is 0 Å². The predicted molar refractivity (Wildman–Crippen MR) is 121 cm³/mol. The molecule has 0 saturated carbocycles. The molecule has 0 aliphatic rings. The largest absolute Gasteiger partial charge is 0.348 e. The number of carbonyl (C=O) groups excluding carboxylic acids is 1. The quantitative estimate of drug-likeness (QED) is 0.585. The van der Waals surface area contributed by atoms with Crippen LogP contribution >= 0.6 is 11.6 Å². The Morgan fingerprint density at radius 2 is 1.74 bits per heavy atom. The van der Waals surface area contributed by atoms with Crippen LogP contribution in [0, 0.1) is 13.8 Å². The van der Waals surface area contributed by atoms with Crippen molar-refractivity contribution in [3.05, 3.63) is 81.6 Å². The average molecular weight is 461 g/mol. The van der Waals surface area contributed by atoms with Gasteiger partial charge in [-0.05, 0) is 43.2 Å². The zero-order valence-electron chi connectivity index (χ0n) is 17.9. The van der Waals surface area contributed by atoms with Gasteiger partial charge >= 0.3 is 0 Å². The standard InChI is InChI=1S/C22H25ClN4O3S/c1-15-21(31(29,30)26(3)4)16(2)27(25-15)14-17-9-11-18(12-10-17)22(28)24-13-19-7-5-6-8-20(19)23/h5-12H,13-14H2,1-4H3,(H,24,28). The second-order valence-electron chi connectivity index (χ2n) is 7.42. The van der Waals surface area contributed by atoms with E-state index in [9.17, 15) is 13.2 Å². The number of nitrogens with one attached hydrogen (secondary N) is 1. The van der Waals surface area contributed by atoms with E-state index in [1.165, 1.54) is 18.4 Å². The Morgan fingerprint density at radius 3 is 2.35 bits per heavy atom. The van der Waals surface area contributed by atoms with Crippen molar-refractivity contribution in [3.8, 4) is 0 Å². The maximum atomic E-state index is 12.6. The summed E-state index contributed by atoms with van der Waals surface area (Å²) in [7, 11) is -0.570. The van der Waals surface area contributed by atoms with Crippen LogP contribution in [-0.2, 0) is 23.1 Å². The van der Waals surface area contributed by atoms with E-state index in [1.54, 1.807) is 36.7 Å². The van der Waals surface area contributed by atoms with E-state index in [0.717, 1.165) is 11.1 Å². The van der Waals surface area contributed by atoms with Gasteiger partial charge in [0.15, 0.2) is 0 Å². The summed E-state index contributed by atoms with van der Waals surface area (Å²) in [6, 6.07) is 14.5. The summed E-state index contributed by atoms with van der Waals surface area (Å²) >= 11 is 6.12. The Bertz CT molecular complexity index is 1200. The second-order valence-corrected chi connectivity index (χ2v) is 9.91. The normalized spacial score (nSPS) is 11.7. The second kappa shape index (κ2) is 9.21. The molecule has 3 aromatic rings. The molecule has 0 unspecified atom stereocenters. The van der Waals surface area contributed by atoms with Crippen LogP contribution < -0.4 is 5.32 Å². The number of hydrogen-bond acceptors (Lipinski definition) is 4. The molecule has 0 atom stereocenters. The van der Waals surface area contributed by atoms with Crippen molar-refractivity contribution in [2.45, 2.75) is 31.8 Å². The Balaban J connectivity index is 1.71. The molecule has 1 heterocycles. The monoisotopic (exact) mass is 460 g/mol. The zero-order chi connectivity index (χ0) is 22.8. The molecule has 0 bridgehead atoms. The number of sulfonamides is 1. The van der Waals surface area contributed by atoms with Crippen LogP contribution in [0.4, 0.5) is 0 Å². The summed E-state index contributed by atoms with van der Waals surface area (Å²) in [6.45, 7) is 4.17. The molecule has 0 aliphatic heterocycles. The molecule has 164 valence electrons. The molecular weight excluding hydrogens is 436 g/mol. The summed E-state index contributed by atoms with van der Waals surface area (Å²) in [6.07, 6.45) is 0. The van der Waals surface area contributed by atoms with Crippen molar-refractivity contribution in [1.82, 2.24) is 19.4 Å². The fourth-order valence-electron chi connectivity index (χ4n) is 3.24. The molecule has 0 fully saturated rings. The van der Waals surface area contributed by atoms with Gasteiger partial charge < -0.3 is 5.32 Å². The molecule has 9 heteroatoms. The van der Waals surface area contributed by atoms with Gasteiger partial charge in [0.1, 0.15) is 4.90 Å². The van der Waals surface area contributed by atoms with Gasteiger partial charge in [-0.1, -0.05) is 41.9 Å². The molecule has 7 nitrogen and oxygen atoms in total. The Hall–Kier alpha value is -2.68. The third-order valence-electron chi connectivity index (χ3n) is 5.00. The van der Waals surface area contributed by atoms with Gasteiger partial charge in [0.2, 0.25) is 10.0 Å². The Labute approximate surface area is 187 Å². The van der Waals surface area contributed by atoms with E-state index in [1.807, 2.05) is 30.3 Å². The molecule has 1 N–H and O–H groups in total. The van der Waals surface area contributed by atoms with Crippen LogP contribution in [0.15, 0.2) is 53.4 Å². The van der Waals surface area contributed by atoms with Crippen molar-refractivity contribution >= 4 is 27.5 Å². The van der Waals surface area contributed by atoms with E-state index in [-0.39, 0.29) is 10.8 Å². The number of hydrogen-bond donors (Lipinski definition) is 1. The van der Waals surface area contributed by atoms with Gasteiger partial charge in [-0.3, -0.25) is 9.48 Å². The van der Waals surface area contributed by atoms with Gasteiger partial charge in [-0.15, -0.1) is 0 Å². The molecule has 0 aliphatic carbocycles. The highest BCUT2D eigenvalue weighted by molar-refractivity contribution is 7.89. The number of halogens is 1. The highest BCUT2D eigenvalue weighted by Crippen LogP contribution is 2.23. The SMILES string of the molecule is Cc1nn(Cc2ccc(C(=O)NCc3ccccc3Cl)cc2)c(C)c1S(=O)(=O)N(C)C. The van der Waals surface area contributed by atoms with E-state index in [4.69, 9.17) is 11.6 Å². The first-order valence-electron chi connectivity index (χ1n) is 9.68. The van der Waals surface area contributed by atoms with E-state index >= 15 is 0 Å². The summed E-state index contributed by atoms with van der Waals surface area (Å²) in [5, 5.41) is 7.87. The molecule has 2 aromatic carbocycles. The van der Waals surface area contributed by atoms with Gasteiger partial charge in [0, 0.05) is 31.2 Å². The van der Waals surface area contributed by atoms with Gasteiger partial charge in [0.25, 0.3) is 5.91 Å². The topological polar surface area (TPSA) is 84.3 Å². The number of aromatic nitrogens is 2. The summed E-state index contributed by atoms with van der Waals surface area (Å²) in [4.78, 5) is 12.7. The average Bonchev–Trinajstić information content (AvgIpc) is 3.01. The van der Waals surface area contributed by atoms with Gasteiger partial charge in [-0.25, -0.2) is 12.7 Å². The number of amides is 1. The first-order chi connectivity index (χ1) is 14.6. The first kappa shape index (κ1) is 23.0. The number of aryl methyl sites for hydroxylation is 1. The number of nitrogens with zero attached hydrogens (tertiary/aromatic N) is 3. The number of benzene rings is 2. The molecule has 1 aromatic heterocycles. The molecule has 1 amide bonds. The fraction of sp³-hybridized carbons (Fsp3) is 0.273. The number of carbonyl (C=O) groups is 1.